The quantitative estimate of drug-likeness (QED) is 0.598. The maximum absolute atomic E-state index is 4.26. The highest BCUT2D eigenvalue weighted by molar-refractivity contribution is 4.75. The molecule has 0 spiro atoms. The first kappa shape index (κ1) is 10.0. The van der Waals surface area contributed by atoms with Crippen LogP contribution in [0.1, 0.15) is 40.5 Å². The summed E-state index contributed by atoms with van der Waals surface area (Å²) in [5.41, 5.74) is 0. The Morgan fingerprint density at radius 3 is 1.50 bits per heavy atom. The third kappa shape index (κ3) is 1.82. The van der Waals surface area contributed by atoms with Crippen LogP contribution >= 0.6 is 0 Å². The smallest absolute Gasteiger partial charge is 0.0662 e. The first-order chi connectivity index (χ1) is 5.54. The number of likely N-dealkylation sites (tertiary alicyclic amines) is 1. The van der Waals surface area contributed by atoms with Crippen molar-refractivity contribution in [2.75, 3.05) is 0 Å². The molecular formula is C11H23N. The highest BCUT2D eigenvalue weighted by Crippen LogP contribution is 2.18. The second-order valence-electron chi connectivity index (χ2n) is 4.85. The molecule has 72 valence electrons. The van der Waals surface area contributed by atoms with Gasteiger partial charge in [-0.25, -0.2) is 0 Å². The van der Waals surface area contributed by atoms with Crippen LogP contribution in [-0.2, 0) is 0 Å². The van der Waals surface area contributed by atoms with Crippen molar-refractivity contribution in [2.45, 2.75) is 52.6 Å². The molecule has 1 N–H and O–H groups in total. The first-order valence-corrected chi connectivity index (χ1v) is 5.22. The Bertz CT molecular complexity index is 124. The van der Waals surface area contributed by atoms with Crippen LogP contribution in [0.3, 0.4) is 0 Å². The molecule has 0 radical (unpaired) electrons. The van der Waals surface area contributed by atoms with Crippen LogP contribution in [0.4, 0.5) is 0 Å². The van der Waals surface area contributed by atoms with Crippen LogP contribution in [0.2, 0.25) is 0 Å². The van der Waals surface area contributed by atoms with Gasteiger partial charge in [-0.1, -0.05) is 27.7 Å². The van der Waals surface area contributed by atoms with Crippen molar-refractivity contribution in [3.05, 3.63) is 7.05 Å². The molecule has 1 saturated heterocycles. The van der Waals surface area contributed by atoms with E-state index in [9.17, 15) is 0 Å². The Morgan fingerprint density at radius 1 is 1.00 bits per heavy atom. The fourth-order valence-electron chi connectivity index (χ4n) is 2.53. The Hall–Kier alpha value is -0.0400. The summed E-state index contributed by atoms with van der Waals surface area (Å²) in [6.07, 6.45) is 2.75. The molecule has 1 heteroatoms. The van der Waals surface area contributed by atoms with Crippen LogP contribution in [0.5, 0.6) is 0 Å². The monoisotopic (exact) mass is 169 g/mol. The predicted molar refractivity (Wildman–Crippen MR) is 52.8 cm³/mol. The van der Waals surface area contributed by atoms with Gasteiger partial charge in [-0.3, -0.25) is 0 Å². The van der Waals surface area contributed by atoms with Gasteiger partial charge in [0.25, 0.3) is 0 Å². The standard InChI is InChI=1S/C11H23N/c1-8(2)10-6-7-11(9(3)4)12(10)5/h8-12H,5-7H2,1-4H3/t10-,11-/m0/s1. The van der Waals surface area contributed by atoms with Gasteiger partial charge in [-0.05, 0) is 0 Å². The fraction of sp³-hybridized carbons (Fsp3) is 0.909. The van der Waals surface area contributed by atoms with Crippen LogP contribution in [0.25, 0.3) is 0 Å². The molecule has 0 bridgehead atoms. The lowest BCUT2D eigenvalue weighted by Gasteiger charge is -2.33. The van der Waals surface area contributed by atoms with Gasteiger partial charge in [0.15, 0.2) is 0 Å². The molecule has 0 saturated carbocycles. The number of quaternary nitrogens is 1. The second kappa shape index (κ2) is 3.78. The predicted octanol–water partition coefficient (Wildman–Crippen LogP) is 1.51. The maximum atomic E-state index is 4.26. The van der Waals surface area contributed by atoms with Crippen LogP contribution in [-0.4, -0.2) is 12.1 Å². The maximum Gasteiger partial charge on any atom is 0.0662 e. The van der Waals surface area contributed by atoms with Gasteiger partial charge in [0.05, 0.1) is 12.1 Å². The van der Waals surface area contributed by atoms with E-state index in [1.165, 1.54) is 17.7 Å². The third-order valence-corrected chi connectivity index (χ3v) is 3.35. The molecule has 2 atom stereocenters. The molecule has 0 amide bonds. The summed E-state index contributed by atoms with van der Waals surface area (Å²) >= 11 is 0. The molecule has 1 aliphatic heterocycles. The molecular weight excluding hydrogens is 146 g/mol. The van der Waals surface area contributed by atoms with Gasteiger partial charge in [-0.2, -0.15) is 7.05 Å². The van der Waals surface area contributed by atoms with E-state index < -0.39 is 0 Å². The van der Waals surface area contributed by atoms with E-state index in [1.807, 2.05) is 0 Å². The average Bonchev–Trinajstić information content (AvgIpc) is 2.30. The molecule has 1 nitrogen and oxygen atoms in total. The summed E-state index contributed by atoms with van der Waals surface area (Å²) < 4.78 is 0. The molecule has 0 aromatic carbocycles. The molecule has 0 aliphatic carbocycles. The van der Waals surface area contributed by atoms with Gasteiger partial charge >= 0.3 is 0 Å². The molecule has 1 rings (SSSR count). The summed E-state index contributed by atoms with van der Waals surface area (Å²) in [5.74, 6) is 1.59. The van der Waals surface area contributed by atoms with Crippen LogP contribution < -0.4 is 4.90 Å². The Labute approximate surface area is 77.1 Å². The topological polar surface area (TPSA) is 4.44 Å². The summed E-state index contributed by atoms with van der Waals surface area (Å²) in [6.45, 7) is 9.27. The lowest BCUT2D eigenvalue weighted by molar-refractivity contribution is -0.899. The summed E-state index contributed by atoms with van der Waals surface area (Å²) in [5, 5.41) is 0. The molecule has 1 fully saturated rings. The van der Waals surface area contributed by atoms with E-state index in [-0.39, 0.29) is 0 Å². The Morgan fingerprint density at radius 2 is 1.33 bits per heavy atom. The normalized spacial score (nSPS) is 32.2. The minimum atomic E-state index is 0.793. The zero-order valence-corrected chi connectivity index (χ0v) is 8.93. The average molecular weight is 169 g/mol. The molecule has 1 heterocycles. The third-order valence-electron chi connectivity index (χ3n) is 3.35. The van der Waals surface area contributed by atoms with E-state index in [1.54, 1.807) is 0 Å². The van der Waals surface area contributed by atoms with Gasteiger partial charge in [-0.15, -0.1) is 0 Å². The summed E-state index contributed by atoms with van der Waals surface area (Å²) in [6, 6.07) is 1.61. The number of rotatable bonds is 2. The highest BCUT2D eigenvalue weighted by Gasteiger charge is 2.34. The van der Waals surface area contributed by atoms with Gasteiger partial charge < -0.3 is 4.90 Å². The van der Waals surface area contributed by atoms with Gasteiger partial charge in [0.1, 0.15) is 0 Å². The molecule has 12 heavy (non-hydrogen) atoms. The van der Waals surface area contributed by atoms with Crippen molar-refractivity contribution in [2.24, 2.45) is 11.8 Å². The minimum absolute atomic E-state index is 0.793. The SMILES string of the molecule is [CH2-][NH+]1[C@H](C(C)C)CC[C@H]1C(C)C. The van der Waals surface area contributed by atoms with Crippen molar-refractivity contribution in [3.8, 4) is 0 Å². The number of hydrogen-bond acceptors (Lipinski definition) is 0. The van der Waals surface area contributed by atoms with Crippen LogP contribution in [0.15, 0.2) is 0 Å². The lowest BCUT2D eigenvalue weighted by Crippen LogP contribution is -3.13. The van der Waals surface area contributed by atoms with Gasteiger partial charge in [0.2, 0.25) is 0 Å². The van der Waals surface area contributed by atoms with E-state index in [4.69, 9.17) is 0 Å². The zero-order valence-electron chi connectivity index (χ0n) is 8.93. The first-order valence-electron chi connectivity index (χ1n) is 5.22. The molecule has 0 aromatic rings. The Balaban J connectivity index is 2.55. The molecule has 0 aromatic heterocycles. The summed E-state index contributed by atoms with van der Waals surface area (Å²) in [4.78, 5) is 1.53. The van der Waals surface area contributed by atoms with Crippen LogP contribution in [0, 0.1) is 18.9 Å². The van der Waals surface area contributed by atoms with Crippen molar-refractivity contribution >= 4 is 0 Å². The van der Waals surface area contributed by atoms with Crippen molar-refractivity contribution in [1.29, 1.82) is 0 Å². The van der Waals surface area contributed by atoms with E-state index in [0.29, 0.717) is 0 Å². The second-order valence-corrected chi connectivity index (χ2v) is 4.85. The molecule has 1 aliphatic rings. The highest BCUT2D eigenvalue weighted by atomic mass is 15.2. The minimum Gasteiger partial charge on any atom is -0.463 e. The van der Waals surface area contributed by atoms with E-state index >= 15 is 0 Å². The van der Waals surface area contributed by atoms with E-state index in [0.717, 1.165) is 23.9 Å². The fourth-order valence-corrected chi connectivity index (χ4v) is 2.53. The van der Waals surface area contributed by atoms with Gasteiger partial charge in [0, 0.05) is 24.7 Å². The lowest BCUT2D eigenvalue weighted by atomic mass is 10.0. The zero-order chi connectivity index (χ0) is 9.30. The number of hydrogen-bond donors (Lipinski definition) is 1. The van der Waals surface area contributed by atoms with Crippen molar-refractivity contribution in [1.82, 2.24) is 0 Å². The van der Waals surface area contributed by atoms with Crippen molar-refractivity contribution < 1.29 is 4.90 Å². The largest absolute Gasteiger partial charge is 0.463 e. The summed E-state index contributed by atoms with van der Waals surface area (Å²) in [7, 11) is 4.26. The molecule has 0 unspecified atom stereocenters. The Kier molecular flexibility index (Phi) is 3.16. The van der Waals surface area contributed by atoms with E-state index in [2.05, 4.69) is 34.7 Å². The number of nitrogens with one attached hydrogen (secondary N) is 1. The van der Waals surface area contributed by atoms with Crippen molar-refractivity contribution in [3.63, 3.8) is 0 Å².